The molecule has 0 fully saturated rings. The van der Waals surface area contributed by atoms with Gasteiger partial charge in [0, 0.05) is 0 Å². The minimum absolute atomic E-state index is 0.0294. The predicted molar refractivity (Wildman–Crippen MR) is 75.6 cm³/mol. The van der Waals surface area contributed by atoms with Crippen molar-refractivity contribution in [2.75, 3.05) is 0 Å². The number of hydrogen-bond acceptors (Lipinski definition) is 3. The van der Waals surface area contributed by atoms with Crippen molar-refractivity contribution in [3.63, 3.8) is 0 Å². The Labute approximate surface area is 112 Å². The van der Waals surface area contributed by atoms with Gasteiger partial charge in [-0.25, -0.2) is 0 Å². The van der Waals surface area contributed by atoms with Crippen LogP contribution in [-0.2, 0) is 12.8 Å². The molecule has 0 unspecified atom stereocenters. The third-order valence-electron chi connectivity index (χ3n) is 3.37. The molecule has 0 bridgehead atoms. The van der Waals surface area contributed by atoms with Crippen molar-refractivity contribution in [2.45, 2.75) is 26.7 Å². The Morgan fingerprint density at radius 3 is 2.16 bits per heavy atom. The topological polar surface area (TPSA) is 60.7 Å². The van der Waals surface area contributed by atoms with Crippen LogP contribution in [0.25, 0.3) is 11.1 Å². The molecule has 0 aromatic heterocycles. The summed E-state index contributed by atoms with van der Waals surface area (Å²) in [5, 5.41) is 29.6. The Kier molecular flexibility index (Phi) is 3.65. The Morgan fingerprint density at radius 2 is 1.53 bits per heavy atom. The zero-order valence-electron chi connectivity index (χ0n) is 11.1. The quantitative estimate of drug-likeness (QED) is 0.582. The van der Waals surface area contributed by atoms with Gasteiger partial charge in [0.1, 0.15) is 5.75 Å². The van der Waals surface area contributed by atoms with Crippen molar-refractivity contribution in [3.05, 3.63) is 41.5 Å². The van der Waals surface area contributed by atoms with E-state index in [-0.39, 0.29) is 17.2 Å². The highest BCUT2D eigenvalue weighted by atomic mass is 16.3. The van der Waals surface area contributed by atoms with Crippen LogP contribution < -0.4 is 0 Å². The molecule has 2 rings (SSSR count). The van der Waals surface area contributed by atoms with Gasteiger partial charge in [-0.3, -0.25) is 0 Å². The van der Waals surface area contributed by atoms with Gasteiger partial charge in [0.05, 0.1) is 5.56 Å². The van der Waals surface area contributed by atoms with Crippen molar-refractivity contribution < 1.29 is 15.3 Å². The fourth-order valence-corrected chi connectivity index (χ4v) is 2.22. The van der Waals surface area contributed by atoms with Crippen LogP contribution in [0.2, 0.25) is 0 Å². The van der Waals surface area contributed by atoms with E-state index >= 15 is 0 Å². The lowest BCUT2D eigenvalue weighted by Crippen LogP contribution is -1.92. The first-order chi connectivity index (χ1) is 9.08. The van der Waals surface area contributed by atoms with Gasteiger partial charge in [-0.15, -0.1) is 0 Å². The summed E-state index contributed by atoms with van der Waals surface area (Å²) in [6, 6.07) is 8.66. The molecule has 0 atom stereocenters. The molecule has 0 saturated heterocycles. The fraction of sp³-hybridized carbons (Fsp3) is 0.250. The molecule has 0 aliphatic heterocycles. The number of phenolic OH excluding ortho intramolecular Hbond substituents is 3. The average molecular weight is 258 g/mol. The van der Waals surface area contributed by atoms with Crippen LogP contribution in [0.3, 0.4) is 0 Å². The molecule has 100 valence electrons. The first-order valence-corrected chi connectivity index (χ1v) is 6.44. The van der Waals surface area contributed by atoms with Crippen LogP contribution in [0.15, 0.2) is 30.3 Å². The normalized spacial score (nSPS) is 10.6. The van der Waals surface area contributed by atoms with E-state index in [9.17, 15) is 15.3 Å². The van der Waals surface area contributed by atoms with Gasteiger partial charge in [0.15, 0.2) is 11.5 Å². The SMILES string of the molecule is CCc1ccc(CC)c(-c2c(O)ccc(O)c2O)c1. The van der Waals surface area contributed by atoms with Crippen LogP contribution in [0.4, 0.5) is 0 Å². The van der Waals surface area contributed by atoms with Crippen molar-refractivity contribution in [3.8, 4) is 28.4 Å². The van der Waals surface area contributed by atoms with Gasteiger partial charge < -0.3 is 15.3 Å². The zero-order valence-corrected chi connectivity index (χ0v) is 11.1. The summed E-state index contributed by atoms with van der Waals surface area (Å²) < 4.78 is 0. The van der Waals surface area contributed by atoms with Crippen LogP contribution in [0.5, 0.6) is 17.2 Å². The summed E-state index contributed by atoms with van der Waals surface area (Å²) in [7, 11) is 0. The third-order valence-corrected chi connectivity index (χ3v) is 3.37. The van der Waals surface area contributed by atoms with Gasteiger partial charge in [-0.1, -0.05) is 32.0 Å². The van der Waals surface area contributed by atoms with Crippen LogP contribution in [-0.4, -0.2) is 15.3 Å². The second kappa shape index (κ2) is 5.22. The first kappa shape index (κ1) is 13.3. The molecule has 0 saturated carbocycles. The molecule has 2 aromatic carbocycles. The summed E-state index contributed by atoms with van der Waals surface area (Å²) in [5.74, 6) is -0.530. The van der Waals surface area contributed by atoms with Crippen molar-refractivity contribution in [2.24, 2.45) is 0 Å². The van der Waals surface area contributed by atoms with E-state index in [1.54, 1.807) is 0 Å². The number of hydrogen-bond donors (Lipinski definition) is 3. The van der Waals surface area contributed by atoms with Crippen LogP contribution in [0.1, 0.15) is 25.0 Å². The van der Waals surface area contributed by atoms with Crippen molar-refractivity contribution >= 4 is 0 Å². The molecule has 0 aliphatic rings. The maximum atomic E-state index is 10.0. The standard InChI is InChI=1S/C16H18O3/c1-3-10-5-6-11(4-2)12(9-10)15-13(17)7-8-14(18)16(15)19/h5-9,17-19H,3-4H2,1-2H3. The molecule has 0 radical (unpaired) electrons. The van der Waals surface area contributed by atoms with Gasteiger partial charge >= 0.3 is 0 Å². The summed E-state index contributed by atoms with van der Waals surface area (Å²) in [6.45, 7) is 4.06. The second-order valence-corrected chi connectivity index (χ2v) is 4.53. The highest BCUT2D eigenvalue weighted by Gasteiger charge is 2.16. The largest absolute Gasteiger partial charge is 0.507 e. The van der Waals surface area contributed by atoms with Crippen molar-refractivity contribution in [1.82, 2.24) is 0 Å². The van der Waals surface area contributed by atoms with Gasteiger partial charge in [0.2, 0.25) is 0 Å². The molecular formula is C16H18O3. The molecular weight excluding hydrogens is 240 g/mol. The number of aromatic hydroxyl groups is 3. The second-order valence-electron chi connectivity index (χ2n) is 4.53. The van der Waals surface area contributed by atoms with Crippen LogP contribution >= 0.6 is 0 Å². The number of rotatable bonds is 3. The van der Waals surface area contributed by atoms with E-state index in [1.165, 1.54) is 12.1 Å². The van der Waals surface area contributed by atoms with Crippen molar-refractivity contribution in [1.29, 1.82) is 0 Å². The number of aryl methyl sites for hydroxylation is 2. The zero-order chi connectivity index (χ0) is 14.0. The van der Waals surface area contributed by atoms with E-state index < -0.39 is 0 Å². The molecule has 3 heteroatoms. The lowest BCUT2D eigenvalue weighted by molar-refractivity contribution is 0.398. The Hall–Kier alpha value is -2.16. The van der Waals surface area contributed by atoms with Gasteiger partial charge in [0.25, 0.3) is 0 Å². The van der Waals surface area contributed by atoms with Gasteiger partial charge in [-0.05, 0) is 41.7 Å². The van der Waals surface area contributed by atoms with Gasteiger partial charge in [-0.2, -0.15) is 0 Å². The number of phenols is 3. The maximum absolute atomic E-state index is 10.0. The summed E-state index contributed by atoms with van der Waals surface area (Å²) in [4.78, 5) is 0. The van der Waals surface area contributed by atoms with Crippen LogP contribution in [0, 0.1) is 0 Å². The Balaban J connectivity index is 2.73. The third kappa shape index (κ3) is 2.36. The Morgan fingerprint density at radius 1 is 0.842 bits per heavy atom. The molecule has 19 heavy (non-hydrogen) atoms. The van der Waals surface area contributed by atoms with E-state index in [2.05, 4.69) is 0 Å². The summed E-state index contributed by atoms with van der Waals surface area (Å²) >= 11 is 0. The minimum Gasteiger partial charge on any atom is -0.507 e. The summed E-state index contributed by atoms with van der Waals surface area (Å²) in [5.41, 5.74) is 3.21. The molecule has 0 spiro atoms. The molecule has 0 amide bonds. The van der Waals surface area contributed by atoms with E-state index in [0.717, 1.165) is 29.5 Å². The van der Waals surface area contributed by atoms with E-state index in [4.69, 9.17) is 0 Å². The first-order valence-electron chi connectivity index (χ1n) is 6.44. The lowest BCUT2D eigenvalue weighted by atomic mass is 9.93. The van der Waals surface area contributed by atoms with E-state index in [0.29, 0.717) is 5.56 Å². The fourth-order valence-electron chi connectivity index (χ4n) is 2.22. The highest BCUT2D eigenvalue weighted by Crippen LogP contribution is 2.44. The molecule has 0 aliphatic carbocycles. The van der Waals surface area contributed by atoms with E-state index in [1.807, 2.05) is 32.0 Å². The molecule has 2 aromatic rings. The monoisotopic (exact) mass is 258 g/mol. The lowest BCUT2D eigenvalue weighted by Gasteiger charge is -2.14. The molecule has 0 heterocycles. The maximum Gasteiger partial charge on any atom is 0.169 e. The summed E-state index contributed by atoms with van der Waals surface area (Å²) in [6.07, 6.45) is 1.66. The molecule has 3 nitrogen and oxygen atoms in total. The minimum atomic E-state index is -0.275. The predicted octanol–water partition coefficient (Wildman–Crippen LogP) is 3.60. The smallest absolute Gasteiger partial charge is 0.169 e. The molecule has 3 N–H and O–H groups in total. The number of benzene rings is 2. The average Bonchev–Trinajstić information content (AvgIpc) is 2.43. The highest BCUT2D eigenvalue weighted by molar-refractivity contribution is 5.81. The Bertz CT molecular complexity index is 603.